The molecule has 1 fully saturated rings. The molecule has 0 unspecified atom stereocenters. The predicted octanol–water partition coefficient (Wildman–Crippen LogP) is 4.18. The van der Waals surface area contributed by atoms with Crippen LogP contribution in [-0.4, -0.2) is 42.8 Å². The Balaban J connectivity index is 2.20. The number of hydrogen-bond donors (Lipinski definition) is 0. The van der Waals surface area contributed by atoms with Crippen molar-refractivity contribution in [3.63, 3.8) is 0 Å². The lowest BCUT2D eigenvalue weighted by atomic mass is 10.0. The van der Waals surface area contributed by atoms with Crippen molar-refractivity contribution in [3.05, 3.63) is 34.6 Å². The summed E-state index contributed by atoms with van der Waals surface area (Å²) >= 11 is 0. The molecule has 5 nitrogen and oxygen atoms in total. The SMILES string of the molecule is CC(C)=Cc1ccc(C#N)c(N2CCN(C(=O)OC(C)(C)C)CC2)c1F. The largest absolute Gasteiger partial charge is 0.444 e. The standard InChI is InChI=1S/C20H26FN3O2/c1-14(2)12-15-6-7-16(13-22)18(17(15)21)23-8-10-24(11-9-23)19(25)26-20(3,4)5/h6-7,12H,8-11H2,1-5H3. The third kappa shape index (κ3) is 4.75. The molecule has 0 bridgehead atoms. The lowest BCUT2D eigenvalue weighted by molar-refractivity contribution is 0.0240. The van der Waals surface area contributed by atoms with Gasteiger partial charge in [-0.05, 0) is 40.7 Å². The van der Waals surface area contributed by atoms with Crippen molar-refractivity contribution in [1.82, 2.24) is 4.90 Å². The van der Waals surface area contributed by atoms with Gasteiger partial charge in [-0.25, -0.2) is 9.18 Å². The molecule has 2 rings (SSSR count). The van der Waals surface area contributed by atoms with Crippen LogP contribution in [0.3, 0.4) is 0 Å². The van der Waals surface area contributed by atoms with Crippen LogP contribution in [0.4, 0.5) is 14.9 Å². The lowest BCUT2D eigenvalue weighted by Crippen LogP contribution is -2.50. The number of nitrogens with zero attached hydrogens (tertiary/aromatic N) is 3. The maximum Gasteiger partial charge on any atom is 0.410 e. The first-order valence-electron chi connectivity index (χ1n) is 8.73. The number of carbonyl (C=O) groups is 1. The van der Waals surface area contributed by atoms with Gasteiger partial charge in [0.15, 0.2) is 5.82 Å². The highest BCUT2D eigenvalue weighted by Gasteiger charge is 2.28. The van der Waals surface area contributed by atoms with Crippen LogP contribution in [0.15, 0.2) is 17.7 Å². The quantitative estimate of drug-likeness (QED) is 0.795. The molecule has 1 heterocycles. The zero-order valence-electron chi connectivity index (χ0n) is 16.1. The maximum absolute atomic E-state index is 15.0. The van der Waals surface area contributed by atoms with Gasteiger partial charge in [-0.2, -0.15) is 5.26 Å². The molecule has 0 saturated carbocycles. The van der Waals surface area contributed by atoms with Gasteiger partial charge in [0, 0.05) is 31.7 Å². The Kier molecular flexibility index (Phi) is 5.91. The molecule has 26 heavy (non-hydrogen) atoms. The molecule has 1 aliphatic heterocycles. The van der Waals surface area contributed by atoms with Crippen molar-refractivity contribution >= 4 is 17.9 Å². The Morgan fingerprint density at radius 1 is 1.23 bits per heavy atom. The maximum atomic E-state index is 15.0. The Hall–Kier alpha value is -2.55. The molecule has 0 aromatic heterocycles. The number of amides is 1. The first kappa shape index (κ1) is 19.8. The average Bonchev–Trinajstić information content (AvgIpc) is 2.54. The fourth-order valence-electron chi connectivity index (χ4n) is 2.84. The first-order chi connectivity index (χ1) is 12.1. The summed E-state index contributed by atoms with van der Waals surface area (Å²) in [4.78, 5) is 15.6. The molecule has 0 atom stereocenters. The molecule has 0 N–H and O–H groups in total. The number of hydrogen-bond acceptors (Lipinski definition) is 4. The fourth-order valence-corrected chi connectivity index (χ4v) is 2.84. The van der Waals surface area contributed by atoms with Crippen LogP contribution in [0.5, 0.6) is 0 Å². The molecule has 0 spiro atoms. The van der Waals surface area contributed by atoms with Gasteiger partial charge in [-0.1, -0.05) is 17.7 Å². The van der Waals surface area contributed by atoms with Gasteiger partial charge in [-0.3, -0.25) is 0 Å². The summed E-state index contributed by atoms with van der Waals surface area (Å²) in [6.45, 7) is 11.0. The van der Waals surface area contributed by atoms with E-state index in [-0.39, 0.29) is 6.09 Å². The minimum atomic E-state index is -0.549. The van der Waals surface area contributed by atoms with Crippen molar-refractivity contribution < 1.29 is 13.9 Å². The number of carbonyl (C=O) groups excluding carboxylic acids is 1. The van der Waals surface area contributed by atoms with E-state index in [9.17, 15) is 10.1 Å². The third-order valence-electron chi connectivity index (χ3n) is 3.96. The lowest BCUT2D eigenvalue weighted by Gasteiger charge is -2.37. The second kappa shape index (κ2) is 7.77. The molecule has 0 radical (unpaired) electrons. The van der Waals surface area contributed by atoms with Gasteiger partial charge in [0.1, 0.15) is 11.7 Å². The van der Waals surface area contributed by atoms with Crippen LogP contribution < -0.4 is 4.90 Å². The Bertz CT molecular complexity index is 748. The Morgan fingerprint density at radius 3 is 2.35 bits per heavy atom. The van der Waals surface area contributed by atoms with Crippen molar-refractivity contribution in [2.45, 2.75) is 40.2 Å². The number of benzene rings is 1. The second-order valence-electron chi connectivity index (χ2n) is 7.65. The topological polar surface area (TPSA) is 56.6 Å². The molecule has 0 aliphatic carbocycles. The van der Waals surface area contributed by atoms with Gasteiger partial charge in [-0.15, -0.1) is 0 Å². The van der Waals surface area contributed by atoms with Crippen molar-refractivity contribution in [2.75, 3.05) is 31.1 Å². The van der Waals surface area contributed by atoms with E-state index in [4.69, 9.17) is 4.74 Å². The predicted molar refractivity (Wildman–Crippen MR) is 100 cm³/mol. The molecular formula is C20H26FN3O2. The van der Waals surface area contributed by atoms with Crippen molar-refractivity contribution in [3.8, 4) is 6.07 Å². The number of anilines is 1. The zero-order valence-corrected chi connectivity index (χ0v) is 16.1. The summed E-state index contributed by atoms with van der Waals surface area (Å²) in [5, 5.41) is 9.37. The van der Waals surface area contributed by atoms with E-state index in [2.05, 4.69) is 6.07 Å². The third-order valence-corrected chi connectivity index (χ3v) is 3.96. The minimum Gasteiger partial charge on any atom is -0.444 e. The fraction of sp³-hybridized carbons (Fsp3) is 0.500. The normalized spacial score (nSPS) is 14.7. The molecule has 1 saturated heterocycles. The van der Waals surface area contributed by atoms with Crippen LogP contribution in [0.25, 0.3) is 6.08 Å². The van der Waals surface area contributed by atoms with Gasteiger partial charge in [0.2, 0.25) is 0 Å². The Morgan fingerprint density at radius 2 is 1.85 bits per heavy atom. The van der Waals surface area contributed by atoms with Crippen LogP contribution in [0.2, 0.25) is 0 Å². The average molecular weight is 359 g/mol. The smallest absolute Gasteiger partial charge is 0.410 e. The number of rotatable bonds is 2. The molecule has 1 aromatic rings. The summed E-state index contributed by atoms with van der Waals surface area (Å²) in [5.41, 5.74) is 1.51. The number of nitriles is 1. The first-order valence-corrected chi connectivity index (χ1v) is 8.73. The van der Waals surface area contributed by atoms with Crippen LogP contribution in [0.1, 0.15) is 45.7 Å². The number of piperazine rings is 1. The van der Waals surface area contributed by atoms with E-state index in [1.54, 1.807) is 23.1 Å². The van der Waals surface area contributed by atoms with Crippen LogP contribution >= 0.6 is 0 Å². The van der Waals surface area contributed by atoms with Crippen LogP contribution in [0, 0.1) is 17.1 Å². The number of halogens is 1. The summed E-state index contributed by atoms with van der Waals surface area (Å²) in [6, 6.07) is 5.34. The van der Waals surface area contributed by atoms with E-state index in [1.165, 1.54) is 0 Å². The van der Waals surface area contributed by atoms with E-state index < -0.39 is 11.4 Å². The highest BCUT2D eigenvalue weighted by molar-refractivity contribution is 5.70. The number of allylic oxidation sites excluding steroid dienone is 1. The van der Waals surface area contributed by atoms with E-state index in [0.717, 1.165) is 5.57 Å². The summed E-state index contributed by atoms with van der Waals surface area (Å²) in [7, 11) is 0. The molecule has 1 amide bonds. The van der Waals surface area contributed by atoms with E-state index in [0.29, 0.717) is 43.0 Å². The highest BCUT2D eigenvalue weighted by Crippen LogP contribution is 2.29. The summed E-state index contributed by atoms with van der Waals surface area (Å²) in [6.07, 6.45) is 1.40. The zero-order chi connectivity index (χ0) is 19.5. The van der Waals surface area contributed by atoms with Gasteiger partial charge in [0.05, 0.1) is 11.3 Å². The van der Waals surface area contributed by atoms with Crippen molar-refractivity contribution in [1.29, 1.82) is 5.26 Å². The minimum absolute atomic E-state index is 0.305. The van der Waals surface area contributed by atoms with E-state index >= 15 is 4.39 Å². The molecule has 1 aliphatic rings. The van der Waals surface area contributed by atoms with Gasteiger partial charge in [0.25, 0.3) is 0 Å². The van der Waals surface area contributed by atoms with Crippen LogP contribution in [-0.2, 0) is 4.74 Å². The van der Waals surface area contributed by atoms with Gasteiger partial charge >= 0.3 is 6.09 Å². The highest BCUT2D eigenvalue weighted by atomic mass is 19.1. The molecule has 1 aromatic carbocycles. The molecular weight excluding hydrogens is 333 g/mol. The number of ether oxygens (including phenoxy) is 1. The summed E-state index contributed by atoms with van der Waals surface area (Å²) in [5.74, 6) is -0.393. The van der Waals surface area contributed by atoms with Crippen molar-refractivity contribution in [2.24, 2.45) is 0 Å². The van der Waals surface area contributed by atoms with E-state index in [1.807, 2.05) is 39.5 Å². The molecule has 140 valence electrons. The monoisotopic (exact) mass is 359 g/mol. The van der Waals surface area contributed by atoms with Gasteiger partial charge < -0.3 is 14.5 Å². The molecule has 6 heteroatoms. The second-order valence-corrected chi connectivity index (χ2v) is 7.65. The summed E-state index contributed by atoms with van der Waals surface area (Å²) < 4.78 is 20.4. The Labute approximate surface area is 154 Å².